The molecular formula is C25H27FN4O4. The number of halogens is 1. The second-order valence-electron chi connectivity index (χ2n) is 8.13. The number of imidazole rings is 1. The van der Waals surface area contributed by atoms with Gasteiger partial charge in [0.05, 0.1) is 44.7 Å². The summed E-state index contributed by atoms with van der Waals surface area (Å²) in [5.74, 6) is -0.305. The van der Waals surface area contributed by atoms with Gasteiger partial charge in [0.1, 0.15) is 17.5 Å². The molecule has 1 aliphatic carbocycles. The lowest BCUT2D eigenvalue weighted by Gasteiger charge is -2.12. The average molecular weight is 467 g/mol. The summed E-state index contributed by atoms with van der Waals surface area (Å²) in [5.41, 5.74) is 4.47. The predicted octanol–water partition coefficient (Wildman–Crippen LogP) is 3.78. The number of nitrogens with one attached hydrogen (secondary N) is 1. The molecule has 1 fully saturated rings. The smallest absolute Gasteiger partial charge is 0.274 e. The quantitative estimate of drug-likeness (QED) is 0.284. The first-order valence-electron chi connectivity index (χ1n) is 10.9. The molecule has 2 atom stereocenters. The van der Waals surface area contributed by atoms with Crippen LogP contribution < -0.4 is 5.32 Å². The first kappa shape index (κ1) is 23.6. The minimum Gasteiger partial charge on any atom is -0.484 e. The Morgan fingerprint density at radius 2 is 2.18 bits per heavy atom. The molecule has 2 N–H and O–H groups in total. The van der Waals surface area contributed by atoms with Crippen molar-refractivity contribution in [3.05, 3.63) is 71.7 Å². The number of aliphatic hydroxyl groups is 1. The SMILES string of the molecule is C=C(/N=C(\OC)[C@@H]1CC1F)c1ccc(C)c(NC(=O)c2cnc3cc(COCCO)ccn23)c1. The van der Waals surface area contributed by atoms with Gasteiger partial charge >= 0.3 is 0 Å². The van der Waals surface area contributed by atoms with E-state index >= 15 is 0 Å². The molecule has 0 radical (unpaired) electrons. The summed E-state index contributed by atoms with van der Waals surface area (Å²) in [6, 6.07) is 9.16. The Kier molecular flexibility index (Phi) is 7.04. The molecule has 178 valence electrons. The van der Waals surface area contributed by atoms with Crippen LogP contribution in [0.2, 0.25) is 0 Å². The Morgan fingerprint density at radius 3 is 2.88 bits per heavy atom. The number of rotatable bonds is 9. The van der Waals surface area contributed by atoms with E-state index in [1.165, 1.54) is 13.3 Å². The molecule has 0 bridgehead atoms. The second kappa shape index (κ2) is 10.1. The molecule has 3 aromatic rings. The Bertz CT molecular complexity index is 1250. The van der Waals surface area contributed by atoms with E-state index in [1.807, 2.05) is 31.2 Å². The van der Waals surface area contributed by atoms with Crippen LogP contribution in [-0.4, -0.2) is 52.8 Å². The number of hydrogen-bond donors (Lipinski definition) is 2. The molecule has 1 amide bonds. The van der Waals surface area contributed by atoms with Crippen molar-refractivity contribution >= 4 is 28.8 Å². The third-order valence-corrected chi connectivity index (χ3v) is 5.62. The van der Waals surface area contributed by atoms with Gasteiger partial charge in [-0.25, -0.2) is 14.4 Å². The number of aromatic nitrogens is 2. The zero-order chi connectivity index (χ0) is 24.2. The Labute approximate surface area is 196 Å². The van der Waals surface area contributed by atoms with Gasteiger partial charge in [-0.1, -0.05) is 18.7 Å². The number of aliphatic hydroxyl groups excluding tert-OH is 1. The molecular weight excluding hydrogens is 439 g/mol. The number of alkyl halides is 1. The van der Waals surface area contributed by atoms with Crippen LogP contribution in [0.1, 0.15) is 33.6 Å². The van der Waals surface area contributed by atoms with E-state index < -0.39 is 6.17 Å². The Balaban J connectivity index is 1.51. The zero-order valence-corrected chi connectivity index (χ0v) is 19.1. The van der Waals surface area contributed by atoms with E-state index in [0.717, 1.165) is 11.1 Å². The van der Waals surface area contributed by atoms with Crippen molar-refractivity contribution in [2.75, 3.05) is 25.6 Å². The standard InChI is InChI=1S/C25H27FN4O4/c1-15-4-5-18(16(2)28-25(33-3)19-12-20(19)26)11-21(15)29-24(32)22-13-27-23-10-17(6-7-30(22)23)14-34-9-8-31/h4-7,10-11,13,19-20,31H,2,8-9,12,14H2,1,3H3,(H,29,32)/b28-25-/t19-,20?/m1/s1. The number of benzene rings is 1. The Hall–Kier alpha value is -3.56. The minimum absolute atomic E-state index is 0.0393. The highest BCUT2D eigenvalue weighted by atomic mass is 19.1. The fourth-order valence-electron chi connectivity index (χ4n) is 3.55. The lowest BCUT2D eigenvalue weighted by atomic mass is 10.1. The first-order chi connectivity index (χ1) is 16.4. The summed E-state index contributed by atoms with van der Waals surface area (Å²) in [7, 11) is 1.47. The molecule has 0 saturated heterocycles. The van der Waals surface area contributed by atoms with Crippen LogP contribution >= 0.6 is 0 Å². The number of aliphatic imine (C=N–C) groups is 1. The van der Waals surface area contributed by atoms with Crippen LogP contribution in [0.3, 0.4) is 0 Å². The van der Waals surface area contributed by atoms with Crippen molar-refractivity contribution in [3.8, 4) is 0 Å². The van der Waals surface area contributed by atoms with Crippen molar-refractivity contribution in [2.45, 2.75) is 26.1 Å². The number of carbonyl (C=O) groups excluding carboxylic acids is 1. The van der Waals surface area contributed by atoms with E-state index in [1.54, 1.807) is 16.7 Å². The number of fused-ring (bicyclic) bond motifs is 1. The number of methoxy groups -OCH3 is 1. The van der Waals surface area contributed by atoms with Gasteiger partial charge in [-0.3, -0.25) is 9.20 Å². The van der Waals surface area contributed by atoms with Crippen molar-refractivity contribution in [1.29, 1.82) is 0 Å². The molecule has 1 aliphatic rings. The molecule has 1 unspecified atom stereocenters. The third-order valence-electron chi connectivity index (χ3n) is 5.62. The molecule has 1 saturated carbocycles. The third kappa shape index (κ3) is 5.16. The highest BCUT2D eigenvalue weighted by Gasteiger charge is 2.43. The van der Waals surface area contributed by atoms with Gasteiger partial charge in [-0.2, -0.15) is 0 Å². The van der Waals surface area contributed by atoms with Crippen LogP contribution in [0.15, 0.2) is 54.3 Å². The lowest BCUT2D eigenvalue weighted by molar-refractivity contribution is 0.0815. The fraction of sp³-hybridized carbons (Fsp3) is 0.320. The highest BCUT2D eigenvalue weighted by molar-refractivity contribution is 6.04. The number of aryl methyl sites for hydroxylation is 1. The van der Waals surface area contributed by atoms with Crippen molar-refractivity contribution in [1.82, 2.24) is 9.38 Å². The molecule has 2 heterocycles. The number of amides is 1. The van der Waals surface area contributed by atoms with E-state index in [0.29, 0.717) is 47.2 Å². The van der Waals surface area contributed by atoms with Gasteiger partial charge in [0, 0.05) is 17.4 Å². The molecule has 4 rings (SSSR count). The van der Waals surface area contributed by atoms with Crippen LogP contribution in [0, 0.1) is 12.8 Å². The summed E-state index contributed by atoms with van der Waals surface area (Å²) in [6.07, 6.45) is 2.76. The number of nitrogens with zero attached hydrogens (tertiary/aromatic N) is 3. The monoisotopic (exact) mass is 466 g/mol. The van der Waals surface area contributed by atoms with Gasteiger partial charge in [0.25, 0.3) is 5.91 Å². The van der Waals surface area contributed by atoms with Crippen LogP contribution in [0.4, 0.5) is 10.1 Å². The van der Waals surface area contributed by atoms with Gasteiger partial charge in [-0.15, -0.1) is 0 Å². The van der Waals surface area contributed by atoms with Gasteiger partial charge in [0.15, 0.2) is 5.90 Å². The van der Waals surface area contributed by atoms with E-state index in [4.69, 9.17) is 14.6 Å². The number of pyridine rings is 1. The minimum atomic E-state index is -0.922. The van der Waals surface area contributed by atoms with Crippen molar-refractivity contribution < 1.29 is 23.8 Å². The van der Waals surface area contributed by atoms with E-state index in [-0.39, 0.29) is 25.0 Å². The number of carbonyl (C=O) groups is 1. The largest absolute Gasteiger partial charge is 0.484 e. The normalized spacial score (nSPS) is 17.6. The fourth-order valence-corrected chi connectivity index (χ4v) is 3.55. The van der Waals surface area contributed by atoms with Crippen LogP contribution in [-0.2, 0) is 16.1 Å². The topological polar surface area (TPSA) is 97.5 Å². The maximum Gasteiger partial charge on any atom is 0.274 e. The molecule has 1 aromatic carbocycles. The summed E-state index contributed by atoms with van der Waals surface area (Å²) in [5, 5.41) is 11.8. The van der Waals surface area contributed by atoms with Gasteiger partial charge in [0.2, 0.25) is 0 Å². The van der Waals surface area contributed by atoms with E-state index in [2.05, 4.69) is 21.9 Å². The van der Waals surface area contributed by atoms with Crippen LogP contribution in [0.25, 0.3) is 11.3 Å². The van der Waals surface area contributed by atoms with Crippen molar-refractivity contribution in [2.24, 2.45) is 10.9 Å². The summed E-state index contributed by atoms with van der Waals surface area (Å²) in [4.78, 5) is 21.7. The molecule has 34 heavy (non-hydrogen) atoms. The Morgan fingerprint density at radius 1 is 1.38 bits per heavy atom. The van der Waals surface area contributed by atoms with E-state index in [9.17, 15) is 9.18 Å². The molecule has 0 aliphatic heterocycles. The van der Waals surface area contributed by atoms with Gasteiger partial charge in [-0.05, 0) is 42.7 Å². The summed E-state index contributed by atoms with van der Waals surface area (Å²) < 4.78 is 25.7. The maximum absolute atomic E-state index is 13.4. The molecule has 2 aromatic heterocycles. The molecule has 0 spiro atoms. The van der Waals surface area contributed by atoms with Gasteiger partial charge < -0.3 is 19.9 Å². The van der Waals surface area contributed by atoms with Crippen LogP contribution in [0.5, 0.6) is 0 Å². The molecule has 8 nitrogen and oxygen atoms in total. The summed E-state index contributed by atoms with van der Waals surface area (Å²) >= 11 is 0. The summed E-state index contributed by atoms with van der Waals surface area (Å²) in [6.45, 7) is 6.43. The first-order valence-corrected chi connectivity index (χ1v) is 10.9. The zero-order valence-electron chi connectivity index (χ0n) is 19.1. The maximum atomic E-state index is 13.4. The number of ether oxygens (including phenoxy) is 2. The van der Waals surface area contributed by atoms with Crippen molar-refractivity contribution in [3.63, 3.8) is 0 Å². The molecule has 9 heteroatoms. The average Bonchev–Trinajstić information content (AvgIpc) is 3.40. The number of anilines is 1. The lowest BCUT2D eigenvalue weighted by Crippen LogP contribution is -2.15. The number of hydrogen-bond acceptors (Lipinski definition) is 6. The highest BCUT2D eigenvalue weighted by Crippen LogP contribution is 2.36. The predicted molar refractivity (Wildman–Crippen MR) is 128 cm³/mol. The second-order valence-corrected chi connectivity index (χ2v) is 8.13.